The molecule has 24 nitrogen and oxygen atoms in total. The molecule has 0 unspecified atom stereocenters. The Labute approximate surface area is 500 Å². The zero-order valence-electron chi connectivity index (χ0n) is 45.0. The number of hydrogen-bond acceptors (Lipinski definition) is 16. The standard InChI is InChI=1S/2C22H22Cl2N6.3C4H4O4/c2*1-28-8-10-29(11-9-28)14-21-27-26-20-13-25-22(16-4-2-3-5-18(16)24)17-12-15(23)6-7-19(17)30(20)21;3*5-3(6)1-2-4(7)8/h2*2-7,12H,8-11,13-14H2,1H3;3*1-2H,(H,5,6)(H,7,8)/b;;3*2-1+. The van der Waals surface area contributed by atoms with Crippen LogP contribution in [0.3, 0.4) is 0 Å². The summed E-state index contributed by atoms with van der Waals surface area (Å²) in [6.45, 7) is 10.7. The fraction of sp³-hybridized carbons (Fsp3) is 0.250. The molecule has 0 bridgehead atoms. The summed E-state index contributed by atoms with van der Waals surface area (Å²) in [5.41, 5.74) is 7.29. The fourth-order valence-electron chi connectivity index (χ4n) is 8.54. The van der Waals surface area contributed by atoms with E-state index in [0.717, 1.165) is 134 Å². The van der Waals surface area contributed by atoms with Crippen LogP contribution in [0, 0.1) is 0 Å². The number of rotatable bonds is 12. The second-order valence-electron chi connectivity index (χ2n) is 18.5. The predicted octanol–water partition coefficient (Wildman–Crippen LogP) is 6.48. The van der Waals surface area contributed by atoms with Gasteiger partial charge in [-0.3, -0.25) is 28.9 Å². The summed E-state index contributed by atoms with van der Waals surface area (Å²) in [6.07, 6.45) is 3.35. The second kappa shape index (κ2) is 31.3. The summed E-state index contributed by atoms with van der Waals surface area (Å²) in [4.78, 5) is 76.6. The highest BCUT2D eigenvalue weighted by Crippen LogP contribution is 2.33. The van der Waals surface area contributed by atoms with Crippen LogP contribution in [0.5, 0.6) is 0 Å². The zero-order valence-corrected chi connectivity index (χ0v) is 48.1. The average Bonchev–Trinajstić information content (AvgIpc) is 1.99. The summed E-state index contributed by atoms with van der Waals surface area (Å²) in [5.74, 6) is -4.05. The quantitative estimate of drug-likeness (QED) is 0.0714. The first-order valence-electron chi connectivity index (χ1n) is 25.4. The molecule has 2 aromatic heterocycles. The van der Waals surface area contributed by atoms with E-state index >= 15 is 0 Å². The monoisotopic (exact) mass is 1230 g/mol. The first-order chi connectivity index (χ1) is 40.1. The second-order valence-corrected chi connectivity index (χ2v) is 20.2. The van der Waals surface area contributed by atoms with Gasteiger partial charge in [-0.2, -0.15) is 0 Å². The maximum absolute atomic E-state index is 9.55. The van der Waals surface area contributed by atoms with Crippen LogP contribution in [0.15, 0.2) is 131 Å². The Morgan fingerprint density at radius 3 is 1.04 bits per heavy atom. The molecule has 2 fully saturated rings. The zero-order chi connectivity index (χ0) is 61.0. The van der Waals surface area contributed by atoms with Crippen molar-refractivity contribution in [3.8, 4) is 11.4 Å². The van der Waals surface area contributed by atoms with Crippen LogP contribution in [0.4, 0.5) is 0 Å². The number of fused-ring (bicyclic) bond motifs is 6. The lowest BCUT2D eigenvalue weighted by Crippen LogP contribution is -2.44. The SMILES string of the molecule is CN1CCN(Cc2nnc3n2-c2ccc(Cl)cc2C(c2ccccc2Cl)=NC3)CC1.CN1CCN(Cc2nnc3n2-c2ccc(Cl)cc2C(c2ccccc2Cl)=NC3)CC1.O=C(O)/C=C/C(=O)O.O=C(O)/C=C/C(=O)O.O=C(O)/C=C/C(=O)O. The normalized spacial score (nSPS) is 15.0. The predicted molar refractivity (Wildman–Crippen MR) is 313 cm³/mol. The van der Waals surface area contributed by atoms with Crippen LogP contribution in [-0.2, 0) is 54.9 Å². The van der Waals surface area contributed by atoms with Crippen molar-refractivity contribution in [3.63, 3.8) is 0 Å². The van der Waals surface area contributed by atoms with Gasteiger partial charge in [-0.1, -0.05) is 82.8 Å². The van der Waals surface area contributed by atoms with Crippen molar-refractivity contribution in [2.24, 2.45) is 9.98 Å². The Hall–Kier alpha value is -8.46. The third kappa shape index (κ3) is 19.0. The van der Waals surface area contributed by atoms with E-state index in [2.05, 4.69) is 63.2 Å². The summed E-state index contributed by atoms with van der Waals surface area (Å²) in [7, 11) is 4.32. The number of likely N-dealkylation sites (N-methyl/N-ethyl adjacent to an activating group) is 2. The highest BCUT2D eigenvalue weighted by Gasteiger charge is 2.28. The molecule has 84 heavy (non-hydrogen) atoms. The minimum atomic E-state index is -1.26. The third-order valence-corrected chi connectivity index (χ3v) is 13.7. The Kier molecular flexibility index (Phi) is 24.1. The molecule has 6 N–H and O–H groups in total. The number of carboxylic acids is 6. The van der Waals surface area contributed by atoms with Gasteiger partial charge in [0.1, 0.15) is 13.1 Å². The minimum Gasteiger partial charge on any atom is -0.478 e. The van der Waals surface area contributed by atoms with Crippen molar-refractivity contribution < 1.29 is 59.4 Å². The number of carboxylic acid groups (broad SMARTS) is 6. The van der Waals surface area contributed by atoms with Gasteiger partial charge < -0.3 is 40.4 Å². The van der Waals surface area contributed by atoms with Gasteiger partial charge in [0, 0.05) is 131 Å². The van der Waals surface area contributed by atoms with E-state index in [1.165, 1.54) is 0 Å². The van der Waals surface area contributed by atoms with Crippen LogP contribution < -0.4 is 0 Å². The summed E-state index contributed by atoms with van der Waals surface area (Å²) >= 11 is 25.8. The first-order valence-corrected chi connectivity index (χ1v) is 26.9. The van der Waals surface area contributed by atoms with E-state index in [9.17, 15) is 28.8 Å². The third-order valence-electron chi connectivity index (χ3n) is 12.5. The van der Waals surface area contributed by atoms with Crippen molar-refractivity contribution >= 4 is 93.6 Å². The number of halogens is 4. The smallest absolute Gasteiger partial charge is 0.328 e. The van der Waals surface area contributed by atoms with E-state index in [0.29, 0.717) is 69.6 Å². The van der Waals surface area contributed by atoms with Crippen LogP contribution >= 0.6 is 46.4 Å². The fourth-order valence-corrected chi connectivity index (χ4v) is 9.33. The summed E-state index contributed by atoms with van der Waals surface area (Å²) in [6, 6.07) is 27.3. The average molecular weight is 1230 g/mol. The van der Waals surface area contributed by atoms with Crippen molar-refractivity contribution in [3.05, 3.63) is 187 Å². The molecule has 4 aromatic carbocycles. The highest BCUT2D eigenvalue weighted by atomic mass is 35.5. The molecule has 0 spiro atoms. The van der Waals surface area contributed by atoms with Crippen LogP contribution in [0.2, 0.25) is 20.1 Å². The molecular formula is C56H56Cl4N12O12. The maximum Gasteiger partial charge on any atom is 0.328 e. The molecule has 10 rings (SSSR count). The number of aromatic nitrogens is 6. The van der Waals surface area contributed by atoms with E-state index in [1.54, 1.807) is 0 Å². The molecule has 0 aliphatic carbocycles. The van der Waals surface area contributed by atoms with Crippen LogP contribution in [0.25, 0.3) is 11.4 Å². The number of aliphatic imine (C=N–C) groups is 2. The van der Waals surface area contributed by atoms with Gasteiger partial charge in [0.25, 0.3) is 0 Å². The van der Waals surface area contributed by atoms with E-state index in [1.807, 2.05) is 84.9 Å². The molecule has 6 aromatic rings. The van der Waals surface area contributed by atoms with Gasteiger partial charge in [-0.05, 0) is 62.6 Å². The van der Waals surface area contributed by atoms with E-state index < -0.39 is 35.8 Å². The summed E-state index contributed by atoms with van der Waals surface area (Å²) in [5, 5.41) is 67.5. The molecule has 2 saturated heterocycles. The minimum absolute atomic E-state index is 0.433. The van der Waals surface area contributed by atoms with Crippen molar-refractivity contribution in [2.75, 3.05) is 66.5 Å². The van der Waals surface area contributed by atoms with Crippen molar-refractivity contribution in [2.45, 2.75) is 26.2 Å². The number of hydrogen-bond donors (Lipinski definition) is 6. The molecular weight excluding hydrogens is 1170 g/mol. The van der Waals surface area contributed by atoms with Gasteiger partial charge in [0.05, 0.1) is 35.9 Å². The Balaban J connectivity index is 0.000000195. The number of carbonyl (C=O) groups is 6. The van der Waals surface area contributed by atoms with Gasteiger partial charge >= 0.3 is 35.8 Å². The Morgan fingerprint density at radius 1 is 0.429 bits per heavy atom. The number of aliphatic carboxylic acids is 6. The molecule has 440 valence electrons. The van der Waals surface area contributed by atoms with Gasteiger partial charge in [0.2, 0.25) is 0 Å². The summed E-state index contributed by atoms with van der Waals surface area (Å²) < 4.78 is 4.27. The van der Waals surface area contributed by atoms with E-state index in [-0.39, 0.29) is 0 Å². The molecule has 4 aliphatic heterocycles. The number of benzene rings is 4. The maximum atomic E-state index is 9.55. The van der Waals surface area contributed by atoms with Crippen molar-refractivity contribution in [1.29, 1.82) is 0 Å². The van der Waals surface area contributed by atoms with Gasteiger partial charge in [0.15, 0.2) is 23.3 Å². The van der Waals surface area contributed by atoms with Crippen molar-refractivity contribution in [1.82, 2.24) is 49.1 Å². The largest absolute Gasteiger partial charge is 0.478 e. The first kappa shape index (κ1) is 64.7. The van der Waals surface area contributed by atoms with Crippen LogP contribution in [-0.4, -0.2) is 193 Å². The lowest BCUT2D eigenvalue weighted by molar-refractivity contribution is -0.134. The molecule has 0 atom stereocenters. The molecule has 0 saturated carbocycles. The Bertz CT molecular complexity index is 3220. The van der Waals surface area contributed by atoms with Gasteiger partial charge in [-0.15, -0.1) is 20.4 Å². The molecule has 0 radical (unpaired) electrons. The Morgan fingerprint density at radius 2 is 0.738 bits per heavy atom. The number of piperazine rings is 2. The molecule has 28 heteroatoms. The van der Waals surface area contributed by atoms with E-state index in [4.69, 9.17) is 87.0 Å². The lowest BCUT2D eigenvalue weighted by atomic mass is 10.0. The topological polar surface area (TPSA) is 323 Å². The number of nitrogens with zero attached hydrogens (tertiary/aromatic N) is 12. The molecule has 4 aliphatic rings. The highest BCUT2D eigenvalue weighted by molar-refractivity contribution is 6.37. The molecule has 6 heterocycles. The van der Waals surface area contributed by atoms with Gasteiger partial charge in [-0.25, -0.2) is 28.8 Å². The lowest BCUT2D eigenvalue weighted by Gasteiger charge is -2.32. The molecule has 0 amide bonds. The van der Waals surface area contributed by atoms with Crippen LogP contribution in [0.1, 0.15) is 45.6 Å².